The molecule has 1 unspecified atom stereocenters. The summed E-state index contributed by atoms with van der Waals surface area (Å²) in [5, 5.41) is 11.3. The zero-order chi connectivity index (χ0) is 23.7. The molecule has 1 atom stereocenters. The Morgan fingerprint density at radius 1 is 1.09 bits per heavy atom. The van der Waals surface area contributed by atoms with Gasteiger partial charge in [0.1, 0.15) is 11.6 Å². The minimum atomic E-state index is -0.877. The Morgan fingerprint density at radius 2 is 1.88 bits per heavy atom. The maximum Gasteiger partial charge on any atom is 0.336 e. The van der Waals surface area contributed by atoms with E-state index >= 15 is 0 Å². The van der Waals surface area contributed by atoms with Crippen LogP contribution in [0.4, 0.5) is 30.0 Å². The highest BCUT2D eigenvalue weighted by Gasteiger charge is 2.35. The predicted molar refractivity (Wildman–Crippen MR) is 125 cm³/mol. The van der Waals surface area contributed by atoms with Crippen LogP contribution >= 0.6 is 11.3 Å². The number of fused-ring (bicyclic) bond motifs is 1. The molecule has 6 nitrogen and oxygen atoms in total. The number of esters is 1. The van der Waals surface area contributed by atoms with Gasteiger partial charge in [0.15, 0.2) is 0 Å². The zero-order valence-electron chi connectivity index (χ0n) is 18.1. The first-order valence-corrected chi connectivity index (χ1v) is 10.9. The van der Waals surface area contributed by atoms with Crippen LogP contribution in [-0.4, -0.2) is 19.1 Å². The minimum Gasteiger partial charge on any atom is -0.466 e. The Morgan fingerprint density at radius 3 is 2.61 bits per heavy atom. The van der Waals surface area contributed by atoms with Gasteiger partial charge in [-0.3, -0.25) is 0 Å². The van der Waals surface area contributed by atoms with Crippen LogP contribution in [-0.2, 0) is 9.53 Å². The van der Waals surface area contributed by atoms with Gasteiger partial charge in [-0.25, -0.2) is 18.4 Å². The molecule has 1 aromatic heterocycles. The number of anilines is 3. The minimum absolute atomic E-state index is 0.145. The monoisotopic (exact) mass is 469 g/mol. The maximum absolute atomic E-state index is 13.9. The Hall–Kier alpha value is -3.72. The lowest BCUT2D eigenvalue weighted by Gasteiger charge is -2.28. The number of thiophene rings is 1. The molecule has 0 saturated carbocycles. The quantitative estimate of drug-likeness (QED) is 0.411. The highest BCUT2D eigenvalue weighted by molar-refractivity contribution is 7.14. The molecule has 0 fully saturated rings. The van der Waals surface area contributed by atoms with Crippen LogP contribution in [0.3, 0.4) is 0 Å². The van der Waals surface area contributed by atoms with Gasteiger partial charge in [-0.15, -0.1) is 11.3 Å². The Labute approximate surface area is 193 Å². The number of hydrogen-bond acceptors (Lipinski definition) is 5. The summed E-state index contributed by atoms with van der Waals surface area (Å²) < 4.78 is 32.0. The van der Waals surface area contributed by atoms with E-state index < -0.39 is 23.6 Å². The van der Waals surface area contributed by atoms with E-state index in [0.717, 1.165) is 33.8 Å². The molecule has 33 heavy (non-hydrogen) atoms. The molecule has 4 rings (SSSR count). The molecule has 1 aliphatic rings. The molecular weight excluding hydrogens is 448 g/mol. The molecule has 9 heteroatoms. The van der Waals surface area contributed by atoms with Crippen LogP contribution in [0, 0.1) is 18.6 Å². The van der Waals surface area contributed by atoms with Gasteiger partial charge >= 0.3 is 12.0 Å². The topological polar surface area (TPSA) is 79.5 Å². The van der Waals surface area contributed by atoms with E-state index in [2.05, 4.69) is 16.0 Å². The van der Waals surface area contributed by atoms with E-state index in [4.69, 9.17) is 4.74 Å². The van der Waals surface area contributed by atoms with Gasteiger partial charge in [0.05, 0.1) is 23.4 Å². The van der Waals surface area contributed by atoms with Crippen molar-refractivity contribution in [3.8, 4) is 0 Å². The fourth-order valence-corrected chi connectivity index (χ4v) is 4.93. The molecule has 0 radical (unpaired) electrons. The third-order valence-corrected chi connectivity index (χ3v) is 6.40. The molecule has 2 aromatic carbocycles. The molecule has 0 aliphatic carbocycles. The van der Waals surface area contributed by atoms with Crippen LogP contribution in [0.2, 0.25) is 0 Å². The summed E-state index contributed by atoms with van der Waals surface area (Å²) in [6, 6.07) is 9.28. The summed E-state index contributed by atoms with van der Waals surface area (Å²) in [4.78, 5) is 25.1. The molecule has 3 N–H and O–H groups in total. The second-order valence-corrected chi connectivity index (χ2v) is 8.46. The number of carbonyl (C=O) groups excluding carboxylic acids is 2. The van der Waals surface area contributed by atoms with E-state index in [0.29, 0.717) is 23.0 Å². The maximum atomic E-state index is 13.9. The molecule has 0 bridgehead atoms. The smallest absolute Gasteiger partial charge is 0.336 e. The number of nitrogens with one attached hydrogen (secondary N) is 3. The second-order valence-electron chi connectivity index (χ2n) is 7.58. The van der Waals surface area contributed by atoms with Gasteiger partial charge in [-0.05, 0) is 54.6 Å². The van der Waals surface area contributed by atoms with E-state index in [1.54, 1.807) is 29.5 Å². The number of halogens is 2. The number of ether oxygens (including phenoxy) is 1. The zero-order valence-corrected chi connectivity index (χ0v) is 18.9. The van der Waals surface area contributed by atoms with Crippen molar-refractivity contribution < 1.29 is 23.1 Å². The van der Waals surface area contributed by atoms with E-state index in [1.165, 1.54) is 7.11 Å². The number of amides is 2. The van der Waals surface area contributed by atoms with Crippen molar-refractivity contribution >= 4 is 39.7 Å². The molecule has 2 amide bonds. The summed E-state index contributed by atoms with van der Waals surface area (Å²) in [6.07, 6.45) is 0. The summed E-state index contributed by atoms with van der Waals surface area (Å²) in [7, 11) is 1.34. The largest absolute Gasteiger partial charge is 0.466 e. The summed E-state index contributed by atoms with van der Waals surface area (Å²) in [5.74, 6) is -2.44. The molecular formula is C24H21F2N3O3S. The molecule has 3 aromatic rings. The third-order valence-electron chi connectivity index (χ3n) is 5.37. The predicted octanol–water partition coefficient (Wildman–Crippen LogP) is 5.98. The van der Waals surface area contributed by atoms with Crippen molar-refractivity contribution in [1.29, 1.82) is 0 Å². The van der Waals surface area contributed by atoms with Gasteiger partial charge in [-0.1, -0.05) is 12.1 Å². The van der Waals surface area contributed by atoms with Gasteiger partial charge in [-0.2, -0.15) is 0 Å². The first kappa shape index (κ1) is 22.5. The van der Waals surface area contributed by atoms with Crippen LogP contribution in [0.25, 0.3) is 0 Å². The van der Waals surface area contributed by atoms with Crippen molar-refractivity contribution in [2.75, 3.05) is 23.1 Å². The molecule has 0 spiro atoms. The number of methoxy groups -OCH3 is 1. The Kier molecular flexibility index (Phi) is 6.15. The number of allylic oxidation sites excluding steroid dienone is 1. The average Bonchev–Trinajstić information content (AvgIpc) is 3.14. The van der Waals surface area contributed by atoms with Gasteiger partial charge in [0, 0.05) is 28.9 Å². The van der Waals surface area contributed by atoms with Crippen LogP contribution in [0.1, 0.15) is 29.5 Å². The first-order chi connectivity index (χ1) is 15.8. The van der Waals surface area contributed by atoms with Crippen LogP contribution in [0.15, 0.2) is 59.1 Å². The van der Waals surface area contributed by atoms with Gasteiger partial charge in [0.2, 0.25) is 0 Å². The fourth-order valence-electron chi connectivity index (χ4n) is 3.89. The first-order valence-electron chi connectivity index (χ1n) is 10.1. The molecule has 170 valence electrons. The number of aryl methyl sites for hydroxylation is 1. The summed E-state index contributed by atoms with van der Waals surface area (Å²) in [6.45, 7) is 3.80. The van der Waals surface area contributed by atoms with Crippen molar-refractivity contribution in [3.63, 3.8) is 0 Å². The number of benzene rings is 2. The summed E-state index contributed by atoms with van der Waals surface area (Å²) >= 11 is 1.55. The number of urea groups is 1. The number of carbonyl (C=O) groups is 2. The highest BCUT2D eigenvalue weighted by atomic mass is 32.1. The molecule has 0 saturated heterocycles. The molecule has 1 aliphatic heterocycles. The summed E-state index contributed by atoms with van der Waals surface area (Å²) in [5.41, 5.74) is 4.27. The van der Waals surface area contributed by atoms with E-state index in [9.17, 15) is 18.4 Å². The number of hydrogen-bond donors (Lipinski definition) is 3. The lowest BCUT2D eigenvalue weighted by Crippen LogP contribution is -2.24. The standard InChI is InChI=1S/C24H21F2N3O3S/c1-12-11-33-22-19(12)21(20(13(2)27-22)23(30)32-3)14-5-4-6-16(9-14)28-24(31)29-18-8-7-15(25)10-17(18)26/h4-11,21,27H,1-3H3,(H2,28,29,31). The molecule has 2 heterocycles. The Balaban J connectivity index is 1.65. The normalized spacial score (nSPS) is 14.9. The Bertz CT molecular complexity index is 1290. The van der Waals surface area contributed by atoms with Gasteiger partial charge in [0.25, 0.3) is 0 Å². The van der Waals surface area contributed by atoms with Crippen LogP contribution in [0.5, 0.6) is 0 Å². The van der Waals surface area contributed by atoms with E-state index in [1.807, 2.05) is 25.3 Å². The lowest BCUT2D eigenvalue weighted by molar-refractivity contribution is -0.136. The lowest BCUT2D eigenvalue weighted by atomic mass is 9.81. The fraction of sp³-hybridized carbons (Fsp3) is 0.167. The van der Waals surface area contributed by atoms with Crippen LogP contribution < -0.4 is 16.0 Å². The van der Waals surface area contributed by atoms with Crippen molar-refractivity contribution in [3.05, 3.63) is 87.4 Å². The van der Waals surface area contributed by atoms with Crippen molar-refractivity contribution in [2.45, 2.75) is 19.8 Å². The second kappa shape index (κ2) is 9.03. The van der Waals surface area contributed by atoms with Crippen molar-refractivity contribution in [2.24, 2.45) is 0 Å². The van der Waals surface area contributed by atoms with Gasteiger partial charge < -0.3 is 20.7 Å². The third kappa shape index (κ3) is 4.45. The average molecular weight is 470 g/mol. The van der Waals surface area contributed by atoms with E-state index in [-0.39, 0.29) is 11.6 Å². The highest BCUT2D eigenvalue weighted by Crippen LogP contribution is 2.46. The SMILES string of the molecule is COC(=O)C1=C(C)Nc2scc(C)c2C1c1cccc(NC(=O)Nc2ccc(F)cc2F)c1. The van der Waals surface area contributed by atoms with Crippen molar-refractivity contribution in [1.82, 2.24) is 0 Å². The number of rotatable bonds is 4.